The number of hydrogen-bond acceptors (Lipinski definition) is 3. The van der Waals surface area contributed by atoms with Gasteiger partial charge in [0, 0.05) is 0 Å². The lowest BCUT2D eigenvalue weighted by Gasteiger charge is -2.07. The Morgan fingerprint density at radius 1 is 1.05 bits per heavy atom. The van der Waals surface area contributed by atoms with Gasteiger partial charge in [-0.25, -0.2) is 4.79 Å². The van der Waals surface area contributed by atoms with Gasteiger partial charge in [0.25, 0.3) is 0 Å². The second-order valence-electron chi connectivity index (χ2n) is 4.10. The van der Waals surface area contributed by atoms with Gasteiger partial charge in [-0.2, -0.15) is 0 Å². The number of carboxylic acids is 1. The third-order valence-electron chi connectivity index (χ3n) is 2.69. The lowest BCUT2D eigenvalue weighted by molar-refractivity contribution is 0.0696. The molecule has 0 unspecified atom stereocenters. The lowest BCUT2D eigenvalue weighted by Crippen LogP contribution is -2.00. The second-order valence-corrected chi connectivity index (χ2v) is 4.10. The van der Waals surface area contributed by atoms with E-state index < -0.39 is 5.97 Å². The Kier molecular flexibility index (Phi) is 4.15. The van der Waals surface area contributed by atoms with Crippen LogP contribution in [0.4, 0.5) is 0 Å². The SMILES string of the molecule is O=C(O)c1cccc(COc2ccc(CO)cc2)c1. The topological polar surface area (TPSA) is 66.8 Å². The summed E-state index contributed by atoms with van der Waals surface area (Å²) in [6.45, 7) is 0.306. The average Bonchev–Trinajstić information content (AvgIpc) is 2.46. The van der Waals surface area contributed by atoms with Crippen LogP contribution in [0.25, 0.3) is 0 Å². The second kappa shape index (κ2) is 6.02. The van der Waals surface area contributed by atoms with Gasteiger partial charge in [0.2, 0.25) is 0 Å². The molecule has 2 N–H and O–H groups in total. The van der Waals surface area contributed by atoms with E-state index in [0.717, 1.165) is 11.1 Å². The normalized spacial score (nSPS) is 10.2. The Hall–Kier alpha value is -2.33. The van der Waals surface area contributed by atoms with Crippen LogP contribution in [0.5, 0.6) is 5.75 Å². The van der Waals surface area contributed by atoms with Crippen molar-refractivity contribution in [2.75, 3.05) is 0 Å². The van der Waals surface area contributed by atoms with E-state index in [4.69, 9.17) is 14.9 Å². The molecule has 0 spiro atoms. The van der Waals surface area contributed by atoms with E-state index in [9.17, 15) is 4.79 Å². The number of carboxylic acid groups (broad SMARTS) is 1. The summed E-state index contributed by atoms with van der Waals surface area (Å²) in [7, 11) is 0. The van der Waals surface area contributed by atoms with Gasteiger partial charge in [0.15, 0.2) is 0 Å². The first-order valence-corrected chi connectivity index (χ1v) is 5.84. The molecule has 0 aromatic heterocycles. The quantitative estimate of drug-likeness (QED) is 0.864. The van der Waals surface area contributed by atoms with Crippen molar-refractivity contribution in [1.29, 1.82) is 0 Å². The molecule has 0 bridgehead atoms. The third kappa shape index (κ3) is 3.56. The van der Waals surface area contributed by atoms with Crippen molar-refractivity contribution >= 4 is 5.97 Å². The highest BCUT2D eigenvalue weighted by Gasteiger charge is 2.03. The molecule has 0 atom stereocenters. The smallest absolute Gasteiger partial charge is 0.335 e. The maximum Gasteiger partial charge on any atom is 0.335 e. The molecule has 0 radical (unpaired) electrons. The molecular formula is C15H14O4. The number of aliphatic hydroxyl groups excluding tert-OH is 1. The summed E-state index contributed by atoms with van der Waals surface area (Å²) in [5.74, 6) is -0.271. The summed E-state index contributed by atoms with van der Waals surface area (Å²) in [6, 6.07) is 13.7. The molecule has 4 heteroatoms. The molecule has 0 fully saturated rings. The molecule has 0 aliphatic rings. The molecule has 0 saturated heterocycles. The minimum atomic E-state index is -0.950. The van der Waals surface area contributed by atoms with Crippen molar-refractivity contribution in [3.05, 3.63) is 65.2 Å². The van der Waals surface area contributed by atoms with E-state index in [1.807, 2.05) is 6.07 Å². The first-order chi connectivity index (χ1) is 9.19. The monoisotopic (exact) mass is 258 g/mol. The van der Waals surface area contributed by atoms with Crippen molar-refractivity contribution in [3.8, 4) is 5.75 Å². The first kappa shape index (κ1) is 13.1. The Bertz CT molecular complexity index is 561. The summed E-state index contributed by atoms with van der Waals surface area (Å²) in [4.78, 5) is 10.8. The summed E-state index contributed by atoms with van der Waals surface area (Å²) in [5, 5.41) is 17.8. The molecule has 19 heavy (non-hydrogen) atoms. The van der Waals surface area contributed by atoms with Gasteiger partial charge in [0.05, 0.1) is 12.2 Å². The van der Waals surface area contributed by atoms with Crippen LogP contribution < -0.4 is 4.74 Å². The van der Waals surface area contributed by atoms with E-state index in [0.29, 0.717) is 12.4 Å². The Morgan fingerprint density at radius 3 is 2.42 bits per heavy atom. The minimum absolute atomic E-state index is 0.000929. The van der Waals surface area contributed by atoms with Gasteiger partial charge in [-0.15, -0.1) is 0 Å². The van der Waals surface area contributed by atoms with Gasteiger partial charge in [-0.3, -0.25) is 0 Å². The predicted octanol–water partition coefficient (Wildman–Crippen LogP) is 2.46. The Balaban J connectivity index is 2.01. The highest BCUT2D eigenvalue weighted by molar-refractivity contribution is 5.87. The Labute approximate surface area is 110 Å². The molecule has 0 heterocycles. The van der Waals surface area contributed by atoms with E-state index >= 15 is 0 Å². The highest BCUT2D eigenvalue weighted by Crippen LogP contribution is 2.15. The number of benzene rings is 2. The fourth-order valence-corrected chi connectivity index (χ4v) is 1.65. The van der Waals surface area contributed by atoms with E-state index in [2.05, 4.69) is 0 Å². The molecular weight excluding hydrogens is 244 g/mol. The molecule has 98 valence electrons. The van der Waals surface area contributed by atoms with Crippen molar-refractivity contribution < 1.29 is 19.7 Å². The molecule has 4 nitrogen and oxygen atoms in total. The van der Waals surface area contributed by atoms with Crippen LogP contribution in [0.3, 0.4) is 0 Å². The molecule has 0 saturated carbocycles. The minimum Gasteiger partial charge on any atom is -0.489 e. The van der Waals surface area contributed by atoms with Crippen LogP contribution >= 0.6 is 0 Å². The van der Waals surface area contributed by atoms with Crippen LogP contribution in [-0.2, 0) is 13.2 Å². The number of aromatic carboxylic acids is 1. The predicted molar refractivity (Wildman–Crippen MR) is 70.1 cm³/mol. The van der Waals surface area contributed by atoms with Crippen molar-refractivity contribution in [1.82, 2.24) is 0 Å². The fourth-order valence-electron chi connectivity index (χ4n) is 1.65. The number of carbonyl (C=O) groups is 1. The number of ether oxygens (including phenoxy) is 1. The Morgan fingerprint density at radius 2 is 1.79 bits per heavy atom. The molecule has 0 aliphatic carbocycles. The van der Waals surface area contributed by atoms with Gasteiger partial charge in [-0.1, -0.05) is 24.3 Å². The van der Waals surface area contributed by atoms with E-state index in [1.54, 1.807) is 42.5 Å². The van der Waals surface area contributed by atoms with Gasteiger partial charge >= 0.3 is 5.97 Å². The number of rotatable bonds is 5. The zero-order valence-corrected chi connectivity index (χ0v) is 10.2. The van der Waals surface area contributed by atoms with Gasteiger partial charge < -0.3 is 14.9 Å². The molecule has 2 rings (SSSR count). The molecule has 2 aromatic rings. The molecule has 0 aliphatic heterocycles. The van der Waals surface area contributed by atoms with Crippen LogP contribution in [0, 0.1) is 0 Å². The summed E-state index contributed by atoms with van der Waals surface area (Å²) in [5.41, 5.74) is 1.86. The van der Waals surface area contributed by atoms with E-state index in [-0.39, 0.29) is 12.2 Å². The lowest BCUT2D eigenvalue weighted by atomic mass is 10.1. The van der Waals surface area contributed by atoms with Crippen LogP contribution in [0.2, 0.25) is 0 Å². The van der Waals surface area contributed by atoms with Crippen LogP contribution in [0.15, 0.2) is 48.5 Å². The zero-order valence-electron chi connectivity index (χ0n) is 10.2. The zero-order chi connectivity index (χ0) is 13.7. The number of aliphatic hydroxyl groups is 1. The van der Waals surface area contributed by atoms with E-state index in [1.165, 1.54) is 0 Å². The van der Waals surface area contributed by atoms with Crippen LogP contribution in [0.1, 0.15) is 21.5 Å². The fraction of sp³-hybridized carbons (Fsp3) is 0.133. The van der Waals surface area contributed by atoms with Gasteiger partial charge in [0.1, 0.15) is 12.4 Å². The number of hydrogen-bond donors (Lipinski definition) is 2. The maximum absolute atomic E-state index is 10.8. The highest BCUT2D eigenvalue weighted by atomic mass is 16.5. The van der Waals surface area contributed by atoms with Gasteiger partial charge in [-0.05, 0) is 35.4 Å². The summed E-state index contributed by atoms with van der Waals surface area (Å²) >= 11 is 0. The standard InChI is InChI=1S/C15H14O4/c16-9-11-4-6-14(7-5-11)19-10-12-2-1-3-13(8-12)15(17)18/h1-8,16H,9-10H2,(H,17,18). The maximum atomic E-state index is 10.8. The largest absolute Gasteiger partial charge is 0.489 e. The van der Waals surface area contributed by atoms with Crippen molar-refractivity contribution in [3.63, 3.8) is 0 Å². The summed E-state index contributed by atoms with van der Waals surface area (Å²) < 4.78 is 5.55. The van der Waals surface area contributed by atoms with Crippen molar-refractivity contribution in [2.24, 2.45) is 0 Å². The van der Waals surface area contributed by atoms with Crippen molar-refractivity contribution in [2.45, 2.75) is 13.2 Å². The molecule has 2 aromatic carbocycles. The first-order valence-electron chi connectivity index (χ1n) is 5.84. The van der Waals surface area contributed by atoms with Crippen LogP contribution in [-0.4, -0.2) is 16.2 Å². The molecule has 0 amide bonds. The summed E-state index contributed by atoms with van der Waals surface area (Å²) in [6.07, 6.45) is 0. The third-order valence-corrected chi connectivity index (χ3v) is 2.69. The average molecular weight is 258 g/mol.